The molecule has 162 valence electrons. The number of aromatic hydroxyl groups is 1. The van der Waals surface area contributed by atoms with Crippen molar-refractivity contribution in [3.63, 3.8) is 0 Å². The Morgan fingerprint density at radius 2 is 1.77 bits per heavy atom. The fraction of sp³-hybridized carbons (Fsp3) is 0.409. The number of hydrogen-bond donors (Lipinski definition) is 6. The van der Waals surface area contributed by atoms with Gasteiger partial charge in [0.2, 0.25) is 5.78 Å². The van der Waals surface area contributed by atoms with Crippen LogP contribution in [0.25, 0.3) is 5.76 Å². The summed E-state index contributed by atoms with van der Waals surface area (Å²) in [6.07, 6.45) is 2.31. The first-order valence-corrected chi connectivity index (χ1v) is 10.2. The van der Waals surface area contributed by atoms with Gasteiger partial charge >= 0.3 is 0 Å². The van der Waals surface area contributed by atoms with Gasteiger partial charge < -0.3 is 31.9 Å². The molecular weight excluding hydrogens is 404 g/mol. The molecule has 4 atom stereocenters. The summed E-state index contributed by atoms with van der Waals surface area (Å²) in [4.78, 5) is 37.7. The number of ketones is 2. The number of rotatable bonds is 2. The molecule has 4 unspecified atom stereocenters. The predicted molar refractivity (Wildman–Crippen MR) is 107 cm³/mol. The lowest BCUT2D eigenvalue weighted by Gasteiger charge is -2.48. The van der Waals surface area contributed by atoms with Crippen LogP contribution in [0.1, 0.15) is 41.9 Å². The van der Waals surface area contributed by atoms with Crippen molar-refractivity contribution in [2.75, 3.05) is 0 Å². The van der Waals surface area contributed by atoms with Crippen LogP contribution in [0.5, 0.6) is 5.75 Å². The van der Waals surface area contributed by atoms with E-state index in [1.807, 2.05) is 6.07 Å². The second-order valence-corrected chi connectivity index (χ2v) is 8.88. The summed E-state index contributed by atoms with van der Waals surface area (Å²) >= 11 is 0. The van der Waals surface area contributed by atoms with Crippen LogP contribution in [-0.4, -0.2) is 49.5 Å². The van der Waals surface area contributed by atoms with E-state index in [4.69, 9.17) is 11.5 Å². The summed E-state index contributed by atoms with van der Waals surface area (Å²) < 4.78 is 0. The Morgan fingerprint density at radius 3 is 2.39 bits per heavy atom. The quantitative estimate of drug-likeness (QED) is 0.363. The van der Waals surface area contributed by atoms with E-state index >= 15 is 0 Å². The van der Waals surface area contributed by atoms with Crippen LogP contribution in [0, 0.1) is 11.8 Å². The Kier molecular flexibility index (Phi) is 3.94. The minimum atomic E-state index is -2.67. The number of aliphatic hydroxyl groups is 3. The first-order chi connectivity index (χ1) is 14.6. The van der Waals surface area contributed by atoms with Crippen molar-refractivity contribution >= 4 is 23.2 Å². The van der Waals surface area contributed by atoms with Gasteiger partial charge in [0, 0.05) is 11.5 Å². The normalized spacial score (nSPS) is 32.5. The summed E-state index contributed by atoms with van der Waals surface area (Å²) in [6, 6.07) is 1.85. The molecule has 1 aromatic rings. The maximum Gasteiger partial charge on any atom is 0.255 e. The smallest absolute Gasteiger partial charge is 0.255 e. The number of nitrogens with two attached hydrogens (primary N) is 2. The third kappa shape index (κ3) is 2.41. The van der Waals surface area contributed by atoms with Crippen LogP contribution in [-0.2, 0) is 20.8 Å². The lowest BCUT2D eigenvalue weighted by molar-refractivity contribution is -0.149. The summed E-state index contributed by atoms with van der Waals surface area (Å²) in [6.45, 7) is 0. The number of amides is 1. The van der Waals surface area contributed by atoms with Gasteiger partial charge in [0.1, 0.15) is 22.8 Å². The van der Waals surface area contributed by atoms with Gasteiger partial charge in [-0.1, -0.05) is 6.07 Å². The summed E-state index contributed by atoms with van der Waals surface area (Å²) in [7, 11) is 0. The number of phenolic OH excluding ortho intramolecular Hbond substituents is 1. The molecule has 0 aliphatic heterocycles. The van der Waals surface area contributed by atoms with Crippen molar-refractivity contribution in [2.24, 2.45) is 23.3 Å². The molecule has 5 rings (SSSR count). The van der Waals surface area contributed by atoms with Crippen molar-refractivity contribution in [1.82, 2.24) is 0 Å². The molecule has 0 bridgehead atoms. The van der Waals surface area contributed by atoms with Gasteiger partial charge in [-0.3, -0.25) is 14.4 Å². The summed E-state index contributed by atoms with van der Waals surface area (Å²) in [5.41, 5.74) is 9.31. The van der Waals surface area contributed by atoms with Crippen molar-refractivity contribution in [2.45, 2.75) is 43.2 Å². The van der Waals surface area contributed by atoms with E-state index in [-0.39, 0.29) is 23.3 Å². The molecule has 9 heteroatoms. The number of Topliss-reactive ketones (excluding diaryl/α,β-unsaturated/α-hetero) is 2. The van der Waals surface area contributed by atoms with E-state index in [2.05, 4.69) is 0 Å². The van der Waals surface area contributed by atoms with Crippen molar-refractivity contribution in [3.05, 3.63) is 45.7 Å². The van der Waals surface area contributed by atoms with Gasteiger partial charge in [0.15, 0.2) is 11.4 Å². The predicted octanol–water partition coefficient (Wildman–Crippen LogP) is 0.238. The number of phenols is 1. The number of aliphatic hydroxyl groups excluding tert-OH is 2. The van der Waals surface area contributed by atoms with E-state index in [1.54, 1.807) is 0 Å². The second-order valence-electron chi connectivity index (χ2n) is 8.88. The van der Waals surface area contributed by atoms with Gasteiger partial charge in [0.05, 0.1) is 11.6 Å². The average molecular weight is 426 g/mol. The zero-order chi connectivity index (χ0) is 22.4. The van der Waals surface area contributed by atoms with Gasteiger partial charge in [-0.05, 0) is 54.7 Å². The van der Waals surface area contributed by atoms with E-state index in [0.29, 0.717) is 12.3 Å². The minimum absolute atomic E-state index is 0.0177. The molecule has 0 aromatic heterocycles. The van der Waals surface area contributed by atoms with Crippen LogP contribution < -0.4 is 11.5 Å². The molecule has 8 N–H and O–H groups in total. The molecule has 0 saturated heterocycles. The summed E-state index contributed by atoms with van der Waals surface area (Å²) in [5.74, 6) is -6.54. The van der Waals surface area contributed by atoms with E-state index in [1.165, 1.54) is 6.07 Å². The highest BCUT2D eigenvalue weighted by Crippen LogP contribution is 2.54. The molecule has 1 aromatic carbocycles. The van der Waals surface area contributed by atoms with Crippen LogP contribution in [0.15, 0.2) is 29.0 Å². The Labute approximate surface area is 176 Å². The molecule has 31 heavy (non-hydrogen) atoms. The van der Waals surface area contributed by atoms with Crippen LogP contribution in [0.2, 0.25) is 0 Å². The maximum absolute atomic E-state index is 13.4. The average Bonchev–Trinajstić information content (AvgIpc) is 3.54. The van der Waals surface area contributed by atoms with Gasteiger partial charge in [-0.2, -0.15) is 0 Å². The minimum Gasteiger partial charge on any atom is -0.508 e. The summed E-state index contributed by atoms with van der Waals surface area (Å²) in [5, 5.41) is 43.3. The van der Waals surface area contributed by atoms with Gasteiger partial charge in [-0.15, -0.1) is 0 Å². The van der Waals surface area contributed by atoms with Crippen LogP contribution in [0.4, 0.5) is 0 Å². The Balaban J connectivity index is 1.73. The molecule has 4 aliphatic carbocycles. The standard InChI is InChI=1S/C22H22N2O7/c23-16-11-6-8-5-10-9(7-1-2-7)3-4-12(25)14(10)17(26)13(8)19(28)22(11,31)20(29)15(18(16)27)21(24)30/h3-4,7-8,11,16,25-26,29,31H,1-2,5-6,23H2,(H2,24,30). The number of benzene rings is 1. The zero-order valence-electron chi connectivity index (χ0n) is 16.5. The molecule has 0 radical (unpaired) electrons. The molecule has 0 spiro atoms. The third-order valence-electron chi connectivity index (χ3n) is 7.19. The van der Waals surface area contributed by atoms with Crippen LogP contribution in [0.3, 0.4) is 0 Å². The maximum atomic E-state index is 13.4. The second kappa shape index (κ2) is 6.18. The van der Waals surface area contributed by atoms with Gasteiger partial charge in [-0.25, -0.2) is 0 Å². The number of carbonyl (C=O) groups is 3. The van der Waals surface area contributed by atoms with E-state index in [0.717, 1.165) is 24.0 Å². The lowest BCUT2D eigenvalue weighted by atomic mass is 9.57. The van der Waals surface area contributed by atoms with Crippen LogP contribution >= 0.6 is 0 Å². The SMILES string of the molecule is NC(=O)C1=C(O)C2(O)C(=O)C3=C(O)c4c(O)ccc(C5CC5)c4CC3CC2C(N)C1=O. The molecule has 2 fully saturated rings. The fourth-order valence-corrected chi connectivity index (χ4v) is 5.52. The number of fused-ring (bicyclic) bond motifs is 3. The van der Waals surface area contributed by atoms with Gasteiger partial charge in [0.25, 0.3) is 5.91 Å². The lowest BCUT2D eigenvalue weighted by Crippen LogP contribution is -2.65. The first kappa shape index (κ1) is 19.8. The van der Waals surface area contributed by atoms with Crippen molar-refractivity contribution in [3.8, 4) is 5.75 Å². The highest BCUT2D eigenvalue weighted by Gasteiger charge is 2.63. The number of primary amides is 1. The first-order valence-electron chi connectivity index (χ1n) is 10.2. The zero-order valence-corrected chi connectivity index (χ0v) is 16.5. The molecule has 9 nitrogen and oxygen atoms in total. The van der Waals surface area contributed by atoms with E-state index < -0.39 is 58.0 Å². The van der Waals surface area contributed by atoms with E-state index in [9.17, 15) is 34.8 Å². The Morgan fingerprint density at radius 1 is 1.10 bits per heavy atom. The molecular formula is C22H22N2O7. The molecule has 4 aliphatic rings. The highest BCUT2D eigenvalue weighted by molar-refractivity contribution is 6.24. The topological polar surface area (TPSA) is 184 Å². The number of carbonyl (C=O) groups excluding carboxylic acids is 3. The number of hydrogen-bond acceptors (Lipinski definition) is 8. The van der Waals surface area contributed by atoms with Crippen molar-refractivity contribution in [1.29, 1.82) is 0 Å². The molecule has 0 heterocycles. The molecule has 1 amide bonds. The monoisotopic (exact) mass is 426 g/mol. The largest absolute Gasteiger partial charge is 0.508 e. The Bertz CT molecular complexity index is 1150. The fourth-order valence-electron chi connectivity index (χ4n) is 5.52. The Hall–Kier alpha value is -3.17. The highest BCUT2D eigenvalue weighted by atomic mass is 16.3. The molecule has 2 saturated carbocycles. The third-order valence-corrected chi connectivity index (χ3v) is 7.19. The van der Waals surface area contributed by atoms with Crippen molar-refractivity contribution < 1.29 is 34.8 Å².